The van der Waals surface area contributed by atoms with E-state index < -0.39 is 5.97 Å². The van der Waals surface area contributed by atoms with Crippen LogP contribution in [0.2, 0.25) is 0 Å². The van der Waals surface area contributed by atoms with Gasteiger partial charge in [-0.15, -0.1) is 0 Å². The molecule has 5 nitrogen and oxygen atoms in total. The summed E-state index contributed by atoms with van der Waals surface area (Å²) >= 11 is 0. The molecule has 0 spiro atoms. The number of ether oxygens (including phenoxy) is 1. The molecular formula is C17H23NO4. The number of benzene rings is 1. The molecule has 0 saturated carbocycles. The van der Waals surface area contributed by atoms with Crippen molar-refractivity contribution >= 4 is 11.9 Å². The molecule has 1 unspecified atom stereocenters. The van der Waals surface area contributed by atoms with Crippen molar-refractivity contribution in [2.45, 2.75) is 44.8 Å². The van der Waals surface area contributed by atoms with Crippen LogP contribution < -0.4 is 0 Å². The van der Waals surface area contributed by atoms with Gasteiger partial charge in [-0.3, -0.25) is 9.59 Å². The largest absolute Gasteiger partial charge is 0.481 e. The lowest BCUT2D eigenvalue weighted by Gasteiger charge is -2.35. The lowest BCUT2D eigenvalue weighted by Crippen LogP contribution is -2.44. The topological polar surface area (TPSA) is 66.8 Å². The van der Waals surface area contributed by atoms with Crippen molar-refractivity contribution in [3.05, 3.63) is 35.4 Å². The van der Waals surface area contributed by atoms with Gasteiger partial charge in [0.2, 0.25) is 0 Å². The third kappa shape index (κ3) is 4.31. The standard InChI is InChI=1S/C17H23NO4/c1-22-12-13-5-4-6-14(11-13)17(21)18-10-3-2-7-15(18)8-9-16(19)20/h4-6,11,15H,2-3,7-10,12H2,1H3,(H,19,20). The van der Waals surface area contributed by atoms with Crippen LogP contribution in [-0.2, 0) is 16.1 Å². The van der Waals surface area contributed by atoms with Crippen molar-refractivity contribution in [1.29, 1.82) is 0 Å². The molecule has 120 valence electrons. The summed E-state index contributed by atoms with van der Waals surface area (Å²) in [7, 11) is 1.63. The van der Waals surface area contributed by atoms with Crippen LogP contribution in [0.1, 0.15) is 48.0 Å². The van der Waals surface area contributed by atoms with E-state index in [9.17, 15) is 9.59 Å². The van der Waals surface area contributed by atoms with Crippen LogP contribution in [0, 0.1) is 0 Å². The highest BCUT2D eigenvalue weighted by molar-refractivity contribution is 5.94. The zero-order chi connectivity index (χ0) is 15.9. The summed E-state index contributed by atoms with van der Waals surface area (Å²) in [6, 6.07) is 7.48. The Morgan fingerprint density at radius 3 is 2.91 bits per heavy atom. The van der Waals surface area contributed by atoms with Crippen LogP contribution in [0.15, 0.2) is 24.3 Å². The molecular weight excluding hydrogens is 282 g/mol. The van der Waals surface area contributed by atoms with Gasteiger partial charge in [-0.05, 0) is 43.4 Å². The monoisotopic (exact) mass is 305 g/mol. The van der Waals surface area contributed by atoms with Crippen LogP contribution in [0.4, 0.5) is 0 Å². The Kier molecular flexibility index (Phi) is 5.95. The van der Waals surface area contributed by atoms with E-state index in [1.807, 2.05) is 29.2 Å². The molecule has 1 fully saturated rings. The Morgan fingerprint density at radius 2 is 2.18 bits per heavy atom. The van der Waals surface area contributed by atoms with Gasteiger partial charge >= 0.3 is 5.97 Å². The van der Waals surface area contributed by atoms with Gasteiger partial charge in [-0.25, -0.2) is 0 Å². The second-order valence-corrected chi connectivity index (χ2v) is 5.71. The van der Waals surface area contributed by atoms with Crippen molar-refractivity contribution in [2.24, 2.45) is 0 Å². The molecule has 1 saturated heterocycles. The van der Waals surface area contributed by atoms with E-state index in [1.165, 1.54) is 0 Å². The number of aliphatic carboxylic acids is 1. The fourth-order valence-corrected chi connectivity index (χ4v) is 2.98. The highest BCUT2D eigenvalue weighted by Gasteiger charge is 2.27. The fourth-order valence-electron chi connectivity index (χ4n) is 2.98. The summed E-state index contributed by atoms with van der Waals surface area (Å²) in [6.45, 7) is 1.18. The molecule has 1 aliphatic heterocycles. The van der Waals surface area contributed by atoms with Gasteiger partial charge < -0.3 is 14.7 Å². The Bertz CT molecular complexity index is 529. The first-order valence-corrected chi connectivity index (χ1v) is 7.72. The van der Waals surface area contributed by atoms with E-state index in [1.54, 1.807) is 7.11 Å². The minimum absolute atomic E-state index is 0.00644. The zero-order valence-electron chi connectivity index (χ0n) is 13.0. The van der Waals surface area contributed by atoms with Crippen molar-refractivity contribution < 1.29 is 19.4 Å². The molecule has 1 aliphatic rings. The average molecular weight is 305 g/mol. The minimum Gasteiger partial charge on any atom is -0.481 e. The maximum atomic E-state index is 12.7. The average Bonchev–Trinajstić information content (AvgIpc) is 2.53. The number of carbonyl (C=O) groups excluding carboxylic acids is 1. The van der Waals surface area contributed by atoms with Crippen LogP contribution in [0.3, 0.4) is 0 Å². The Morgan fingerprint density at radius 1 is 1.36 bits per heavy atom. The number of carboxylic acid groups (broad SMARTS) is 1. The van der Waals surface area contributed by atoms with Crippen LogP contribution in [0.5, 0.6) is 0 Å². The molecule has 0 aliphatic carbocycles. The van der Waals surface area contributed by atoms with Gasteiger partial charge in [0, 0.05) is 31.7 Å². The van der Waals surface area contributed by atoms with Crippen molar-refractivity contribution in [3.63, 3.8) is 0 Å². The second kappa shape index (κ2) is 7.94. The highest BCUT2D eigenvalue weighted by Crippen LogP contribution is 2.23. The summed E-state index contributed by atoms with van der Waals surface area (Å²) in [6.07, 6.45) is 3.55. The molecule has 1 N–H and O–H groups in total. The summed E-state index contributed by atoms with van der Waals surface area (Å²) in [4.78, 5) is 25.4. The fraction of sp³-hybridized carbons (Fsp3) is 0.529. The summed E-state index contributed by atoms with van der Waals surface area (Å²) in [5.41, 5.74) is 1.62. The third-order valence-electron chi connectivity index (χ3n) is 4.06. The number of methoxy groups -OCH3 is 1. The molecule has 1 aromatic carbocycles. The van der Waals surface area contributed by atoms with Gasteiger partial charge in [-0.2, -0.15) is 0 Å². The van der Waals surface area contributed by atoms with Crippen molar-refractivity contribution in [2.75, 3.05) is 13.7 Å². The van der Waals surface area contributed by atoms with Gasteiger partial charge in [0.1, 0.15) is 0 Å². The number of amides is 1. The first-order chi connectivity index (χ1) is 10.6. The molecule has 1 amide bonds. The predicted molar refractivity (Wildman–Crippen MR) is 82.7 cm³/mol. The molecule has 0 radical (unpaired) electrons. The molecule has 1 aromatic rings. The normalized spacial score (nSPS) is 18.2. The third-order valence-corrected chi connectivity index (χ3v) is 4.06. The molecule has 2 rings (SSSR count). The number of hydrogen-bond donors (Lipinski definition) is 1. The minimum atomic E-state index is -0.805. The summed E-state index contributed by atoms with van der Waals surface area (Å²) in [5, 5.41) is 8.86. The van der Waals surface area contributed by atoms with Crippen LogP contribution in [-0.4, -0.2) is 41.6 Å². The molecule has 1 heterocycles. The number of carboxylic acids is 1. The van der Waals surface area contributed by atoms with Crippen molar-refractivity contribution in [3.8, 4) is 0 Å². The maximum absolute atomic E-state index is 12.7. The second-order valence-electron chi connectivity index (χ2n) is 5.71. The zero-order valence-corrected chi connectivity index (χ0v) is 13.0. The molecule has 22 heavy (non-hydrogen) atoms. The lowest BCUT2D eigenvalue weighted by molar-refractivity contribution is -0.137. The number of likely N-dealkylation sites (tertiary alicyclic amines) is 1. The van der Waals surface area contributed by atoms with Gasteiger partial charge in [0.15, 0.2) is 0 Å². The molecule has 0 aromatic heterocycles. The number of nitrogens with zero attached hydrogens (tertiary/aromatic N) is 1. The van der Waals surface area contributed by atoms with Gasteiger partial charge in [-0.1, -0.05) is 12.1 Å². The predicted octanol–water partition coefficient (Wildman–Crippen LogP) is 2.69. The van der Waals surface area contributed by atoms with Gasteiger partial charge in [0.25, 0.3) is 5.91 Å². The van der Waals surface area contributed by atoms with E-state index in [2.05, 4.69) is 0 Å². The Hall–Kier alpha value is -1.88. The van der Waals surface area contributed by atoms with E-state index in [-0.39, 0.29) is 18.4 Å². The van der Waals surface area contributed by atoms with Crippen molar-refractivity contribution in [1.82, 2.24) is 4.90 Å². The Labute approximate surface area is 130 Å². The van der Waals surface area contributed by atoms with Crippen LogP contribution in [0.25, 0.3) is 0 Å². The number of carbonyl (C=O) groups is 2. The SMILES string of the molecule is COCc1cccc(C(=O)N2CCCCC2CCC(=O)O)c1. The quantitative estimate of drug-likeness (QED) is 0.877. The molecule has 0 bridgehead atoms. The van der Waals surface area contributed by atoms with E-state index in [0.717, 1.165) is 24.8 Å². The van der Waals surface area contributed by atoms with Gasteiger partial charge in [0.05, 0.1) is 6.61 Å². The first-order valence-electron chi connectivity index (χ1n) is 7.72. The molecule has 5 heteroatoms. The Balaban J connectivity index is 2.10. The lowest BCUT2D eigenvalue weighted by atomic mass is 9.96. The number of hydrogen-bond acceptors (Lipinski definition) is 3. The van der Waals surface area contributed by atoms with E-state index >= 15 is 0 Å². The smallest absolute Gasteiger partial charge is 0.303 e. The number of piperidine rings is 1. The highest BCUT2D eigenvalue weighted by atomic mass is 16.5. The van der Waals surface area contributed by atoms with E-state index in [0.29, 0.717) is 25.1 Å². The maximum Gasteiger partial charge on any atom is 0.303 e. The summed E-state index contributed by atoms with van der Waals surface area (Å²) < 4.78 is 5.10. The first kappa shape index (κ1) is 16.5. The van der Waals surface area contributed by atoms with E-state index in [4.69, 9.17) is 9.84 Å². The molecule has 1 atom stereocenters. The summed E-state index contributed by atoms with van der Waals surface area (Å²) in [5.74, 6) is -0.812. The number of rotatable bonds is 6. The van der Waals surface area contributed by atoms with Crippen LogP contribution >= 0.6 is 0 Å².